The van der Waals surface area contributed by atoms with Crippen LogP contribution in [0.4, 0.5) is 5.00 Å². The third kappa shape index (κ3) is 4.44. The van der Waals surface area contributed by atoms with Crippen molar-refractivity contribution in [2.75, 3.05) is 18.5 Å². The molecule has 1 atom stereocenters. The zero-order valence-corrected chi connectivity index (χ0v) is 17.8. The lowest BCUT2D eigenvalue weighted by Crippen LogP contribution is -2.22. The highest BCUT2D eigenvalue weighted by molar-refractivity contribution is 7.17. The van der Waals surface area contributed by atoms with Gasteiger partial charge < -0.3 is 14.8 Å². The first-order valence-electron chi connectivity index (χ1n) is 9.23. The van der Waals surface area contributed by atoms with Crippen LogP contribution in [-0.2, 0) is 27.1 Å². The Kier molecular flexibility index (Phi) is 6.51. The van der Waals surface area contributed by atoms with Crippen LogP contribution in [0.3, 0.4) is 0 Å². The number of anilines is 1. The molecule has 2 aromatic heterocycles. The number of nitrogens with one attached hydrogen (secondary N) is 1. The van der Waals surface area contributed by atoms with Crippen molar-refractivity contribution in [3.63, 3.8) is 0 Å². The van der Waals surface area contributed by atoms with E-state index in [1.54, 1.807) is 12.3 Å². The number of aryl methyl sites for hydroxylation is 1. The summed E-state index contributed by atoms with van der Waals surface area (Å²) >= 11 is 2.69. The van der Waals surface area contributed by atoms with E-state index >= 15 is 0 Å². The standard InChI is InChI=1S/C20H23NO5S2/c1-4-25-19(23)16-13-6-5-11(2)9-14(13)28-18(16)21-15(22)10-26-20(24)17-12(3)7-8-27-17/h7-8,11H,4-6,9-10H2,1-3H3,(H,21,22). The molecule has 0 aliphatic heterocycles. The van der Waals surface area contributed by atoms with Crippen molar-refractivity contribution in [1.29, 1.82) is 0 Å². The van der Waals surface area contributed by atoms with Crippen LogP contribution < -0.4 is 5.32 Å². The SMILES string of the molecule is CCOC(=O)c1c(NC(=O)COC(=O)c2sccc2C)sc2c1CCC(C)C2. The maximum Gasteiger partial charge on any atom is 0.349 e. The van der Waals surface area contributed by atoms with E-state index in [1.807, 2.05) is 13.0 Å². The van der Waals surface area contributed by atoms with Gasteiger partial charge in [-0.25, -0.2) is 9.59 Å². The molecule has 0 aromatic carbocycles. The van der Waals surface area contributed by atoms with Crippen LogP contribution in [0.15, 0.2) is 11.4 Å². The summed E-state index contributed by atoms with van der Waals surface area (Å²) in [6, 6.07) is 1.82. The molecule has 28 heavy (non-hydrogen) atoms. The fraction of sp³-hybridized carbons (Fsp3) is 0.450. The number of ether oxygens (including phenoxy) is 2. The van der Waals surface area contributed by atoms with Crippen molar-refractivity contribution in [1.82, 2.24) is 0 Å². The summed E-state index contributed by atoms with van der Waals surface area (Å²) in [4.78, 5) is 38.5. The van der Waals surface area contributed by atoms with E-state index in [-0.39, 0.29) is 6.61 Å². The summed E-state index contributed by atoms with van der Waals surface area (Å²) in [5, 5.41) is 5.02. The zero-order valence-electron chi connectivity index (χ0n) is 16.1. The van der Waals surface area contributed by atoms with Gasteiger partial charge in [0.25, 0.3) is 5.91 Å². The van der Waals surface area contributed by atoms with Crippen molar-refractivity contribution < 1.29 is 23.9 Å². The summed E-state index contributed by atoms with van der Waals surface area (Å²) in [5.74, 6) is -0.872. The second-order valence-electron chi connectivity index (χ2n) is 6.83. The number of amides is 1. The quantitative estimate of drug-likeness (QED) is 0.707. The highest BCUT2D eigenvalue weighted by atomic mass is 32.1. The minimum absolute atomic E-state index is 0.269. The first-order chi connectivity index (χ1) is 13.4. The van der Waals surface area contributed by atoms with E-state index in [9.17, 15) is 14.4 Å². The van der Waals surface area contributed by atoms with Gasteiger partial charge in [-0.3, -0.25) is 4.79 Å². The average Bonchev–Trinajstić information content (AvgIpc) is 3.22. The molecule has 1 unspecified atom stereocenters. The van der Waals surface area contributed by atoms with E-state index in [1.165, 1.54) is 22.7 Å². The van der Waals surface area contributed by atoms with Crippen molar-refractivity contribution in [3.8, 4) is 0 Å². The van der Waals surface area contributed by atoms with Crippen LogP contribution in [0.1, 0.15) is 56.3 Å². The number of hydrogen-bond acceptors (Lipinski definition) is 7. The Bertz CT molecular complexity index is 899. The molecule has 0 spiro atoms. The van der Waals surface area contributed by atoms with Crippen molar-refractivity contribution >= 4 is 45.5 Å². The number of carbonyl (C=O) groups is 3. The zero-order chi connectivity index (χ0) is 20.3. The second kappa shape index (κ2) is 8.87. The molecule has 150 valence electrons. The fourth-order valence-electron chi connectivity index (χ4n) is 3.20. The number of fused-ring (bicyclic) bond motifs is 1. The highest BCUT2D eigenvalue weighted by Crippen LogP contribution is 2.40. The molecule has 1 aliphatic rings. The van der Waals surface area contributed by atoms with Gasteiger partial charge in [0.1, 0.15) is 9.88 Å². The van der Waals surface area contributed by atoms with Crippen LogP contribution in [0.5, 0.6) is 0 Å². The first-order valence-corrected chi connectivity index (χ1v) is 10.9. The summed E-state index contributed by atoms with van der Waals surface area (Å²) in [6.07, 6.45) is 2.68. The number of thiophene rings is 2. The maximum absolute atomic E-state index is 12.5. The normalized spacial score (nSPS) is 15.6. The molecule has 0 saturated heterocycles. The molecule has 0 bridgehead atoms. The molecule has 2 heterocycles. The molecule has 6 nitrogen and oxygen atoms in total. The molecular weight excluding hydrogens is 398 g/mol. The van der Waals surface area contributed by atoms with E-state index in [4.69, 9.17) is 9.47 Å². The lowest BCUT2D eigenvalue weighted by molar-refractivity contribution is -0.119. The lowest BCUT2D eigenvalue weighted by Gasteiger charge is -2.18. The van der Waals surface area contributed by atoms with Gasteiger partial charge in [0, 0.05) is 4.88 Å². The van der Waals surface area contributed by atoms with Crippen LogP contribution in [-0.4, -0.2) is 31.1 Å². The predicted octanol–water partition coefficient (Wildman–Crippen LogP) is 4.22. The van der Waals surface area contributed by atoms with Crippen molar-refractivity contribution in [2.24, 2.45) is 5.92 Å². The van der Waals surface area contributed by atoms with Gasteiger partial charge in [-0.2, -0.15) is 0 Å². The van der Waals surface area contributed by atoms with E-state index in [0.29, 0.717) is 21.4 Å². The van der Waals surface area contributed by atoms with Gasteiger partial charge in [-0.15, -0.1) is 22.7 Å². The van der Waals surface area contributed by atoms with Gasteiger partial charge in [0.05, 0.1) is 12.2 Å². The number of hydrogen-bond donors (Lipinski definition) is 1. The molecule has 2 aromatic rings. The number of esters is 2. The van der Waals surface area contributed by atoms with E-state index in [0.717, 1.165) is 35.3 Å². The summed E-state index contributed by atoms with van der Waals surface area (Å²) in [7, 11) is 0. The van der Waals surface area contributed by atoms with E-state index < -0.39 is 24.5 Å². The largest absolute Gasteiger partial charge is 0.462 e. The topological polar surface area (TPSA) is 81.7 Å². The lowest BCUT2D eigenvalue weighted by atomic mass is 9.88. The molecule has 3 rings (SSSR count). The average molecular weight is 422 g/mol. The fourth-order valence-corrected chi connectivity index (χ4v) is 5.43. The molecule has 0 radical (unpaired) electrons. The molecular formula is C20H23NO5S2. The van der Waals surface area contributed by atoms with Crippen LogP contribution in [0, 0.1) is 12.8 Å². The summed E-state index contributed by atoms with van der Waals surface area (Å²) < 4.78 is 10.3. The predicted molar refractivity (Wildman–Crippen MR) is 109 cm³/mol. The van der Waals surface area contributed by atoms with Gasteiger partial charge in [0.2, 0.25) is 0 Å². The van der Waals surface area contributed by atoms with Gasteiger partial charge >= 0.3 is 11.9 Å². The van der Waals surface area contributed by atoms with Gasteiger partial charge in [-0.1, -0.05) is 6.92 Å². The minimum Gasteiger partial charge on any atom is -0.462 e. The summed E-state index contributed by atoms with van der Waals surface area (Å²) in [5.41, 5.74) is 2.24. The summed E-state index contributed by atoms with van der Waals surface area (Å²) in [6.45, 7) is 5.61. The van der Waals surface area contributed by atoms with Gasteiger partial charge in [0.15, 0.2) is 6.61 Å². The molecule has 0 saturated carbocycles. The van der Waals surface area contributed by atoms with Crippen molar-refractivity contribution in [3.05, 3.63) is 37.9 Å². The van der Waals surface area contributed by atoms with Crippen LogP contribution in [0.25, 0.3) is 0 Å². The Labute approximate surface area is 171 Å². The third-order valence-electron chi connectivity index (χ3n) is 4.63. The molecule has 1 amide bonds. The Balaban J connectivity index is 1.72. The highest BCUT2D eigenvalue weighted by Gasteiger charge is 2.29. The van der Waals surface area contributed by atoms with Crippen molar-refractivity contribution in [2.45, 2.75) is 40.0 Å². The Morgan fingerprint density at radius 2 is 2.04 bits per heavy atom. The molecule has 1 aliphatic carbocycles. The van der Waals surface area contributed by atoms with Gasteiger partial charge in [-0.05, 0) is 61.6 Å². The number of carbonyl (C=O) groups excluding carboxylic acids is 3. The Morgan fingerprint density at radius 1 is 1.25 bits per heavy atom. The molecule has 0 fully saturated rings. The Hall–Kier alpha value is -2.19. The van der Waals surface area contributed by atoms with E-state index in [2.05, 4.69) is 12.2 Å². The second-order valence-corrected chi connectivity index (χ2v) is 8.85. The monoisotopic (exact) mass is 421 g/mol. The number of rotatable bonds is 6. The first kappa shape index (κ1) is 20.5. The van der Waals surface area contributed by atoms with Crippen LogP contribution in [0.2, 0.25) is 0 Å². The Morgan fingerprint density at radius 3 is 2.71 bits per heavy atom. The third-order valence-corrected chi connectivity index (χ3v) is 6.79. The maximum atomic E-state index is 12.5. The minimum atomic E-state index is -0.521. The molecule has 8 heteroatoms. The molecule has 1 N–H and O–H groups in total. The van der Waals surface area contributed by atoms with Crippen LogP contribution >= 0.6 is 22.7 Å². The smallest absolute Gasteiger partial charge is 0.349 e.